The Bertz CT molecular complexity index is 494. The lowest BCUT2D eigenvalue weighted by Crippen LogP contribution is -2.40. The number of rotatable bonds is 3. The number of aromatic nitrogens is 1. The summed E-state index contributed by atoms with van der Waals surface area (Å²) in [6, 6.07) is -0.792. The van der Waals surface area contributed by atoms with E-state index in [1.165, 1.54) is 17.7 Å². The van der Waals surface area contributed by atoms with Crippen molar-refractivity contribution in [2.24, 2.45) is 0 Å². The van der Waals surface area contributed by atoms with Crippen LogP contribution in [-0.2, 0) is 24.2 Å². The fourth-order valence-corrected chi connectivity index (χ4v) is 3.76. The number of thiazole rings is 1. The minimum absolute atomic E-state index is 0.334. The Kier molecular flexibility index (Phi) is 3.72. The number of alkyl halides is 2. The van der Waals surface area contributed by atoms with Crippen molar-refractivity contribution >= 4 is 17.2 Å². The molecule has 3 rings (SSSR count). The van der Waals surface area contributed by atoms with Crippen molar-refractivity contribution in [1.29, 1.82) is 0 Å². The summed E-state index contributed by atoms with van der Waals surface area (Å²) in [6.07, 6.45) is 4.02. The van der Waals surface area contributed by atoms with E-state index in [0.29, 0.717) is 6.54 Å². The molecule has 0 saturated carbocycles. The first kappa shape index (κ1) is 13.9. The van der Waals surface area contributed by atoms with Crippen LogP contribution in [0.5, 0.6) is 0 Å². The molecule has 1 amide bonds. The monoisotopic (exact) mass is 301 g/mol. The predicted molar refractivity (Wildman–Crippen MR) is 72.0 cm³/mol. The first-order valence-electron chi connectivity index (χ1n) is 6.90. The molecule has 1 aliphatic carbocycles. The van der Waals surface area contributed by atoms with E-state index in [1.807, 2.05) is 0 Å². The van der Waals surface area contributed by atoms with Gasteiger partial charge in [0.15, 0.2) is 0 Å². The maximum Gasteiger partial charge on any atom is 0.262 e. The molecule has 2 aliphatic rings. The van der Waals surface area contributed by atoms with Crippen LogP contribution >= 0.6 is 11.3 Å². The van der Waals surface area contributed by atoms with Gasteiger partial charge in [-0.25, -0.2) is 13.8 Å². The number of carbonyl (C=O) groups excluding carboxylic acids is 1. The molecule has 0 spiro atoms. The number of amides is 1. The molecule has 0 bridgehead atoms. The van der Waals surface area contributed by atoms with Crippen LogP contribution in [0.15, 0.2) is 0 Å². The third kappa shape index (κ3) is 2.98. The molecular weight excluding hydrogens is 284 g/mol. The number of hydrogen-bond donors (Lipinski definition) is 2. The van der Waals surface area contributed by atoms with Crippen LogP contribution in [0.1, 0.15) is 34.8 Å². The molecule has 2 heterocycles. The molecular formula is C13H17F2N3OS. The number of nitrogens with one attached hydrogen (secondary N) is 2. The Morgan fingerprint density at radius 2 is 2.25 bits per heavy atom. The molecule has 1 atom stereocenters. The molecule has 7 heteroatoms. The average Bonchev–Trinajstić information content (AvgIpc) is 2.98. The smallest absolute Gasteiger partial charge is 0.262 e. The van der Waals surface area contributed by atoms with Gasteiger partial charge in [0, 0.05) is 11.3 Å². The van der Waals surface area contributed by atoms with Crippen molar-refractivity contribution < 1.29 is 13.6 Å². The Labute approximate surface area is 120 Å². The average molecular weight is 301 g/mol. The maximum atomic E-state index is 13.0. The second kappa shape index (κ2) is 5.37. The molecule has 4 nitrogen and oxygen atoms in total. The first-order chi connectivity index (χ1) is 9.53. The molecule has 1 fully saturated rings. The van der Waals surface area contributed by atoms with Crippen molar-refractivity contribution in [3.05, 3.63) is 15.6 Å². The fourth-order valence-electron chi connectivity index (χ4n) is 2.67. The molecule has 1 unspecified atom stereocenters. The number of aryl methyl sites for hydroxylation is 2. The van der Waals surface area contributed by atoms with Crippen molar-refractivity contribution in [3.63, 3.8) is 0 Å². The van der Waals surface area contributed by atoms with Crippen LogP contribution in [-0.4, -0.2) is 29.4 Å². The molecule has 20 heavy (non-hydrogen) atoms. The van der Waals surface area contributed by atoms with Crippen LogP contribution in [0.2, 0.25) is 0 Å². The molecule has 110 valence electrons. The Balaban J connectivity index is 1.54. The zero-order valence-electron chi connectivity index (χ0n) is 11.0. The number of halogens is 2. The zero-order chi connectivity index (χ0) is 14.2. The lowest BCUT2D eigenvalue weighted by atomic mass is 10.0. The first-order valence-corrected chi connectivity index (χ1v) is 7.71. The van der Waals surface area contributed by atoms with Gasteiger partial charge >= 0.3 is 0 Å². The molecule has 0 radical (unpaired) electrons. The number of nitrogens with zero attached hydrogens (tertiary/aromatic N) is 1. The highest BCUT2D eigenvalue weighted by molar-refractivity contribution is 7.11. The normalized spacial score (nSPS) is 24.4. The molecule has 1 aromatic heterocycles. The van der Waals surface area contributed by atoms with Gasteiger partial charge in [-0.3, -0.25) is 10.1 Å². The standard InChI is InChI=1S/C13H17F2N3OS/c14-13(15)5-9(17-7-13)12(19)16-6-11-18-8-3-1-2-4-10(8)20-11/h9,17H,1-7H2,(H,16,19). The summed E-state index contributed by atoms with van der Waals surface area (Å²) in [5.41, 5.74) is 1.15. The largest absolute Gasteiger partial charge is 0.348 e. The topological polar surface area (TPSA) is 54.0 Å². The Hall–Kier alpha value is -1.08. The summed E-state index contributed by atoms with van der Waals surface area (Å²) in [7, 11) is 0. The quantitative estimate of drug-likeness (QED) is 0.892. The molecule has 1 aromatic rings. The van der Waals surface area contributed by atoms with Crippen LogP contribution < -0.4 is 10.6 Å². The van der Waals surface area contributed by atoms with Crippen molar-refractivity contribution in [1.82, 2.24) is 15.6 Å². The number of hydrogen-bond acceptors (Lipinski definition) is 4. The van der Waals surface area contributed by atoms with Gasteiger partial charge in [0.05, 0.1) is 24.8 Å². The molecule has 1 saturated heterocycles. The van der Waals surface area contributed by atoms with E-state index >= 15 is 0 Å². The van der Waals surface area contributed by atoms with E-state index in [-0.39, 0.29) is 5.91 Å². The van der Waals surface area contributed by atoms with Crippen molar-refractivity contribution in [2.75, 3.05) is 6.54 Å². The second-order valence-corrected chi connectivity index (χ2v) is 6.56. The van der Waals surface area contributed by atoms with E-state index in [0.717, 1.165) is 23.5 Å². The highest BCUT2D eigenvalue weighted by Crippen LogP contribution is 2.27. The van der Waals surface area contributed by atoms with Gasteiger partial charge in [0.25, 0.3) is 5.92 Å². The second-order valence-electron chi connectivity index (χ2n) is 5.40. The fraction of sp³-hybridized carbons (Fsp3) is 0.692. The van der Waals surface area contributed by atoms with E-state index in [9.17, 15) is 13.6 Å². The van der Waals surface area contributed by atoms with E-state index in [2.05, 4.69) is 15.6 Å². The van der Waals surface area contributed by atoms with Crippen LogP contribution in [0.25, 0.3) is 0 Å². The minimum atomic E-state index is -2.78. The number of fused-ring (bicyclic) bond motifs is 1. The van der Waals surface area contributed by atoms with Crippen molar-refractivity contribution in [3.8, 4) is 0 Å². The predicted octanol–water partition coefficient (Wildman–Crippen LogP) is 1.64. The van der Waals surface area contributed by atoms with E-state index < -0.39 is 24.9 Å². The van der Waals surface area contributed by atoms with Gasteiger partial charge in [0.2, 0.25) is 5.91 Å². The van der Waals surface area contributed by atoms with Crippen LogP contribution in [0.4, 0.5) is 8.78 Å². The lowest BCUT2D eigenvalue weighted by molar-refractivity contribution is -0.123. The van der Waals surface area contributed by atoms with Gasteiger partial charge in [-0.15, -0.1) is 11.3 Å². The van der Waals surface area contributed by atoms with Gasteiger partial charge in [-0.1, -0.05) is 0 Å². The third-order valence-corrected chi connectivity index (χ3v) is 4.89. The lowest BCUT2D eigenvalue weighted by Gasteiger charge is -2.09. The summed E-state index contributed by atoms with van der Waals surface area (Å²) in [5, 5.41) is 6.12. The molecule has 1 aliphatic heterocycles. The van der Waals surface area contributed by atoms with Gasteiger partial charge < -0.3 is 5.32 Å². The Morgan fingerprint density at radius 1 is 1.45 bits per heavy atom. The van der Waals surface area contributed by atoms with Gasteiger partial charge in [-0.2, -0.15) is 0 Å². The summed E-state index contributed by atoms with van der Waals surface area (Å²) in [5.74, 6) is -3.14. The van der Waals surface area contributed by atoms with Crippen LogP contribution in [0.3, 0.4) is 0 Å². The number of carbonyl (C=O) groups is 1. The van der Waals surface area contributed by atoms with Crippen molar-refractivity contribution in [2.45, 2.75) is 50.6 Å². The van der Waals surface area contributed by atoms with E-state index in [1.54, 1.807) is 11.3 Å². The van der Waals surface area contributed by atoms with E-state index in [4.69, 9.17) is 0 Å². The van der Waals surface area contributed by atoms with Gasteiger partial charge in [-0.05, 0) is 25.7 Å². The summed E-state index contributed by atoms with van der Waals surface area (Å²) >= 11 is 1.63. The summed E-state index contributed by atoms with van der Waals surface area (Å²) in [6.45, 7) is -0.0864. The van der Waals surface area contributed by atoms with Crippen LogP contribution in [0, 0.1) is 0 Å². The molecule has 0 aromatic carbocycles. The summed E-state index contributed by atoms with van der Waals surface area (Å²) < 4.78 is 26.0. The van der Waals surface area contributed by atoms with Gasteiger partial charge in [0.1, 0.15) is 5.01 Å². The Morgan fingerprint density at radius 3 is 2.95 bits per heavy atom. The third-order valence-electron chi connectivity index (χ3n) is 3.73. The summed E-state index contributed by atoms with van der Waals surface area (Å²) in [4.78, 5) is 17.6. The zero-order valence-corrected chi connectivity index (χ0v) is 11.9. The maximum absolute atomic E-state index is 13.0. The molecule has 2 N–H and O–H groups in total. The minimum Gasteiger partial charge on any atom is -0.348 e. The SMILES string of the molecule is O=C(NCc1nc2c(s1)CCCC2)C1CC(F)(F)CN1. The highest BCUT2D eigenvalue weighted by atomic mass is 32.1. The highest BCUT2D eigenvalue weighted by Gasteiger charge is 2.42.